The molecule has 0 aliphatic rings. The number of rotatable bonds is 8. The van der Waals surface area contributed by atoms with Crippen LogP contribution in [0.15, 0.2) is 23.1 Å². The van der Waals surface area contributed by atoms with Crippen molar-refractivity contribution in [3.63, 3.8) is 0 Å². The molecule has 2 amide bonds. The predicted molar refractivity (Wildman–Crippen MR) is 92.2 cm³/mol. The molecule has 3 N–H and O–H groups in total. The van der Waals surface area contributed by atoms with Gasteiger partial charge < -0.3 is 15.7 Å². The first-order valence-electron chi connectivity index (χ1n) is 7.64. The summed E-state index contributed by atoms with van der Waals surface area (Å²) in [5, 5.41) is 13.9. The largest absolute Gasteiger partial charge is 0.478 e. The van der Waals surface area contributed by atoms with Crippen LogP contribution in [0, 0.1) is 5.92 Å². The topological polar surface area (TPSA) is 130 Å². The molecule has 138 valence electrons. The smallest absolute Gasteiger partial charge is 0.335 e. The predicted octanol–water partition coefficient (Wildman–Crippen LogP) is 1.28. The Morgan fingerprint density at radius 2 is 1.76 bits per heavy atom. The third-order valence-corrected chi connectivity index (χ3v) is 4.35. The second-order valence-corrected chi connectivity index (χ2v) is 8.10. The molecule has 25 heavy (non-hydrogen) atoms. The summed E-state index contributed by atoms with van der Waals surface area (Å²) in [4.78, 5) is 34.3. The summed E-state index contributed by atoms with van der Waals surface area (Å²) in [5.41, 5.74) is -0.235. The van der Waals surface area contributed by atoms with Crippen LogP contribution in [0.1, 0.15) is 37.0 Å². The van der Waals surface area contributed by atoms with Crippen LogP contribution < -0.4 is 10.6 Å². The average Bonchev–Trinajstić information content (AvgIpc) is 2.49. The van der Waals surface area contributed by atoms with Crippen molar-refractivity contribution in [2.45, 2.75) is 31.6 Å². The second kappa shape index (κ2) is 8.61. The highest BCUT2D eigenvalue weighted by molar-refractivity contribution is 7.90. The summed E-state index contributed by atoms with van der Waals surface area (Å²) in [6.07, 6.45) is 1.94. The molecule has 0 fully saturated rings. The molecule has 1 rings (SSSR count). The zero-order valence-corrected chi connectivity index (χ0v) is 15.1. The van der Waals surface area contributed by atoms with E-state index in [2.05, 4.69) is 10.6 Å². The Morgan fingerprint density at radius 1 is 1.12 bits per heavy atom. The molecular formula is C16H22N2O6S. The molecule has 0 heterocycles. The highest BCUT2D eigenvalue weighted by Gasteiger charge is 2.15. The Bertz CT molecular complexity index is 771. The summed E-state index contributed by atoms with van der Waals surface area (Å²) in [7, 11) is -3.64. The van der Waals surface area contributed by atoms with Gasteiger partial charge in [0.15, 0.2) is 9.84 Å². The molecule has 0 aliphatic carbocycles. The van der Waals surface area contributed by atoms with E-state index in [4.69, 9.17) is 5.11 Å². The van der Waals surface area contributed by atoms with E-state index in [0.29, 0.717) is 18.8 Å². The van der Waals surface area contributed by atoms with Crippen molar-refractivity contribution >= 4 is 33.3 Å². The van der Waals surface area contributed by atoms with Crippen LogP contribution in [0.25, 0.3) is 0 Å². The normalized spacial score (nSPS) is 11.2. The number of hydrogen-bond donors (Lipinski definition) is 3. The Balaban J connectivity index is 2.78. The summed E-state index contributed by atoms with van der Waals surface area (Å²) in [6.45, 7) is 3.67. The van der Waals surface area contributed by atoms with Crippen LogP contribution >= 0.6 is 0 Å². The molecule has 9 heteroatoms. The van der Waals surface area contributed by atoms with Gasteiger partial charge in [-0.2, -0.15) is 0 Å². The summed E-state index contributed by atoms with van der Waals surface area (Å²) in [5.74, 6) is -1.80. The van der Waals surface area contributed by atoms with Crippen molar-refractivity contribution in [2.24, 2.45) is 5.92 Å². The van der Waals surface area contributed by atoms with Crippen LogP contribution in [0.2, 0.25) is 0 Å². The Morgan fingerprint density at radius 3 is 2.28 bits per heavy atom. The number of aromatic carboxylic acids is 1. The van der Waals surface area contributed by atoms with Crippen LogP contribution in [-0.2, 0) is 19.4 Å². The molecule has 8 nitrogen and oxygen atoms in total. The first-order valence-corrected chi connectivity index (χ1v) is 9.53. The van der Waals surface area contributed by atoms with Gasteiger partial charge in [-0.05, 0) is 30.5 Å². The Hall–Kier alpha value is -2.42. The van der Waals surface area contributed by atoms with Crippen molar-refractivity contribution < 1.29 is 27.9 Å². The van der Waals surface area contributed by atoms with Crippen molar-refractivity contribution in [1.29, 1.82) is 0 Å². The molecule has 0 saturated carbocycles. The van der Waals surface area contributed by atoms with E-state index in [1.807, 2.05) is 13.8 Å². The number of benzene rings is 1. The Kier molecular flexibility index (Phi) is 7.10. The zero-order valence-electron chi connectivity index (χ0n) is 14.3. The van der Waals surface area contributed by atoms with E-state index in [-0.39, 0.29) is 28.6 Å². The molecule has 0 bridgehead atoms. The van der Waals surface area contributed by atoms with Crippen LogP contribution in [0.5, 0.6) is 0 Å². The van der Waals surface area contributed by atoms with E-state index in [0.717, 1.165) is 18.4 Å². The van der Waals surface area contributed by atoms with Gasteiger partial charge in [0.05, 0.1) is 17.0 Å². The number of carbonyl (C=O) groups is 3. The van der Waals surface area contributed by atoms with Gasteiger partial charge in [0.1, 0.15) is 0 Å². The molecule has 0 atom stereocenters. The minimum Gasteiger partial charge on any atom is -0.478 e. The minimum atomic E-state index is -3.64. The second-order valence-electron chi connectivity index (χ2n) is 6.08. The lowest BCUT2D eigenvalue weighted by Gasteiger charge is -2.10. The molecule has 0 aromatic heterocycles. The SMILES string of the molecule is CC(C)CCC(=O)NCC(=O)Nc1cc(C(=O)O)cc(S(C)(=O)=O)c1. The monoisotopic (exact) mass is 370 g/mol. The van der Waals surface area contributed by atoms with Gasteiger partial charge in [-0.25, -0.2) is 13.2 Å². The summed E-state index contributed by atoms with van der Waals surface area (Å²) >= 11 is 0. The van der Waals surface area contributed by atoms with E-state index in [9.17, 15) is 22.8 Å². The fraction of sp³-hybridized carbons (Fsp3) is 0.438. The lowest BCUT2D eigenvalue weighted by Crippen LogP contribution is -2.32. The summed E-state index contributed by atoms with van der Waals surface area (Å²) < 4.78 is 23.2. The number of amides is 2. The molecule has 0 spiro atoms. The number of carboxylic acids is 1. The quantitative estimate of drug-likeness (QED) is 0.632. The van der Waals surface area contributed by atoms with Crippen LogP contribution in [-0.4, -0.2) is 44.1 Å². The fourth-order valence-electron chi connectivity index (χ4n) is 1.90. The van der Waals surface area contributed by atoms with E-state index in [1.165, 1.54) is 6.07 Å². The number of sulfone groups is 1. The number of anilines is 1. The first kappa shape index (κ1) is 20.6. The van der Waals surface area contributed by atoms with E-state index in [1.54, 1.807) is 0 Å². The maximum atomic E-state index is 11.9. The third-order valence-electron chi connectivity index (χ3n) is 3.26. The van der Waals surface area contributed by atoms with Crippen molar-refractivity contribution in [2.75, 3.05) is 18.1 Å². The molecule has 1 aromatic carbocycles. The van der Waals surface area contributed by atoms with Crippen molar-refractivity contribution in [3.8, 4) is 0 Å². The van der Waals surface area contributed by atoms with Crippen LogP contribution in [0.4, 0.5) is 5.69 Å². The highest BCUT2D eigenvalue weighted by Crippen LogP contribution is 2.19. The van der Waals surface area contributed by atoms with Gasteiger partial charge in [-0.15, -0.1) is 0 Å². The standard InChI is InChI=1S/C16H22N2O6S/c1-10(2)4-5-14(19)17-9-15(20)18-12-6-11(16(21)22)7-13(8-12)25(3,23)24/h6-8,10H,4-5,9H2,1-3H3,(H,17,19)(H,18,20)(H,21,22). The van der Waals surface area contributed by atoms with Crippen molar-refractivity contribution in [3.05, 3.63) is 23.8 Å². The van der Waals surface area contributed by atoms with Gasteiger partial charge >= 0.3 is 5.97 Å². The number of nitrogens with one attached hydrogen (secondary N) is 2. The lowest BCUT2D eigenvalue weighted by molar-refractivity contribution is -0.124. The van der Waals surface area contributed by atoms with Gasteiger partial charge in [-0.3, -0.25) is 9.59 Å². The van der Waals surface area contributed by atoms with Crippen molar-refractivity contribution in [1.82, 2.24) is 5.32 Å². The number of carbonyl (C=O) groups excluding carboxylic acids is 2. The fourth-order valence-corrected chi connectivity index (χ4v) is 2.58. The number of carboxylic acid groups (broad SMARTS) is 1. The van der Waals surface area contributed by atoms with E-state index >= 15 is 0 Å². The van der Waals surface area contributed by atoms with Crippen LogP contribution in [0.3, 0.4) is 0 Å². The molecule has 0 unspecified atom stereocenters. The molecule has 0 saturated heterocycles. The van der Waals surface area contributed by atoms with E-state index < -0.39 is 21.7 Å². The van der Waals surface area contributed by atoms with Gasteiger partial charge in [0, 0.05) is 18.4 Å². The molecule has 1 aromatic rings. The van der Waals surface area contributed by atoms with Gasteiger partial charge in [-0.1, -0.05) is 13.8 Å². The minimum absolute atomic E-state index is 0.0294. The maximum Gasteiger partial charge on any atom is 0.335 e. The number of hydrogen-bond acceptors (Lipinski definition) is 5. The maximum absolute atomic E-state index is 11.9. The van der Waals surface area contributed by atoms with Gasteiger partial charge in [0.2, 0.25) is 11.8 Å². The highest BCUT2D eigenvalue weighted by atomic mass is 32.2. The van der Waals surface area contributed by atoms with Gasteiger partial charge in [0.25, 0.3) is 0 Å². The summed E-state index contributed by atoms with van der Waals surface area (Å²) in [6, 6.07) is 3.33. The Labute approximate surface area is 146 Å². The first-order chi connectivity index (χ1) is 11.5. The third kappa shape index (κ3) is 7.34. The molecule has 0 radical (unpaired) electrons. The average molecular weight is 370 g/mol. The molecule has 0 aliphatic heterocycles. The molecular weight excluding hydrogens is 348 g/mol. The lowest BCUT2D eigenvalue weighted by atomic mass is 10.1. The zero-order chi connectivity index (χ0) is 19.2.